The van der Waals surface area contributed by atoms with Gasteiger partial charge in [-0.15, -0.1) is 0 Å². The molecule has 0 aliphatic carbocycles. The fourth-order valence-electron chi connectivity index (χ4n) is 3.09. The van der Waals surface area contributed by atoms with Crippen molar-refractivity contribution in [2.24, 2.45) is 0 Å². The standard InChI is InChI=1S/C20H23FO7/c1-26-15-7-6-11(9-13(15)21)8-12-4-2-3-5-14(12)27-20-19(25)18(24)17(23)16(10-22)28-20/h2-7,9,16-20,22-25H,8,10H2,1H3/t16-,17-,18+,19-,20-/m1/s1. The minimum absolute atomic E-state index is 0.148. The number of rotatable bonds is 6. The van der Waals surface area contributed by atoms with Crippen molar-refractivity contribution in [3.05, 3.63) is 59.4 Å². The first-order valence-electron chi connectivity index (χ1n) is 8.82. The molecular formula is C20H23FO7. The van der Waals surface area contributed by atoms with Crippen molar-refractivity contribution in [2.75, 3.05) is 13.7 Å². The first-order valence-corrected chi connectivity index (χ1v) is 8.82. The summed E-state index contributed by atoms with van der Waals surface area (Å²) in [6.45, 7) is -0.544. The molecule has 3 rings (SSSR count). The third kappa shape index (κ3) is 4.26. The van der Waals surface area contributed by atoms with Crippen LogP contribution in [-0.2, 0) is 11.2 Å². The molecule has 1 saturated heterocycles. The average molecular weight is 394 g/mol. The molecule has 0 radical (unpaired) electrons. The maximum absolute atomic E-state index is 14.0. The molecule has 0 bridgehead atoms. The highest BCUT2D eigenvalue weighted by molar-refractivity contribution is 5.39. The Morgan fingerprint density at radius 2 is 1.75 bits per heavy atom. The van der Waals surface area contributed by atoms with E-state index in [0.717, 1.165) is 0 Å². The fourth-order valence-corrected chi connectivity index (χ4v) is 3.09. The predicted molar refractivity (Wildman–Crippen MR) is 96.6 cm³/mol. The first kappa shape index (κ1) is 20.5. The molecule has 2 aromatic rings. The van der Waals surface area contributed by atoms with Crippen LogP contribution in [0.1, 0.15) is 11.1 Å². The number of hydrogen-bond donors (Lipinski definition) is 4. The van der Waals surface area contributed by atoms with Gasteiger partial charge in [-0.1, -0.05) is 24.3 Å². The summed E-state index contributed by atoms with van der Waals surface area (Å²) in [4.78, 5) is 0. The van der Waals surface area contributed by atoms with Gasteiger partial charge in [0.05, 0.1) is 13.7 Å². The molecule has 152 valence electrons. The summed E-state index contributed by atoms with van der Waals surface area (Å²) in [5.41, 5.74) is 1.38. The van der Waals surface area contributed by atoms with Crippen LogP contribution in [0.4, 0.5) is 4.39 Å². The van der Waals surface area contributed by atoms with E-state index in [-0.39, 0.29) is 5.75 Å². The Hall–Kier alpha value is -2.23. The molecule has 1 aliphatic rings. The lowest BCUT2D eigenvalue weighted by Crippen LogP contribution is -2.60. The van der Waals surface area contributed by atoms with Crippen LogP contribution in [0.2, 0.25) is 0 Å². The second-order valence-electron chi connectivity index (χ2n) is 6.57. The summed E-state index contributed by atoms with van der Waals surface area (Å²) in [6.07, 6.45) is -6.51. The van der Waals surface area contributed by atoms with Gasteiger partial charge in [0.1, 0.15) is 30.2 Å². The summed E-state index contributed by atoms with van der Waals surface area (Å²) in [6, 6.07) is 11.6. The molecule has 2 aromatic carbocycles. The van der Waals surface area contributed by atoms with Gasteiger partial charge in [0.25, 0.3) is 0 Å². The van der Waals surface area contributed by atoms with Crippen molar-refractivity contribution < 1.29 is 39.0 Å². The Morgan fingerprint density at radius 1 is 1.00 bits per heavy atom. The number of benzene rings is 2. The molecule has 8 heteroatoms. The molecular weight excluding hydrogens is 371 g/mol. The zero-order valence-corrected chi connectivity index (χ0v) is 15.2. The normalized spacial score (nSPS) is 27.4. The van der Waals surface area contributed by atoms with E-state index in [0.29, 0.717) is 23.3 Å². The van der Waals surface area contributed by atoms with Crippen LogP contribution in [-0.4, -0.2) is 64.8 Å². The van der Waals surface area contributed by atoms with E-state index in [4.69, 9.17) is 14.2 Å². The summed E-state index contributed by atoms with van der Waals surface area (Å²) in [7, 11) is 1.39. The lowest BCUT2D eigenvalue weighted by Gasteiger charge is -2.39. The van der Waals surface area contributed by atoms with Crippen molar-refractivity contribution in [1.82, 2.24) is 0 Å². The number of halogens is 1. The van der Waals surface area contributed by atoms with Crippen LogP contribution in [0, 0.1) is 5.82 Å². The number of hydrogen-bond acceptors (Lipinski definition) is 7. The molecule has 7 nitrogen and oxygen atoms in total. The minimum atomic E-state index is -1.53. The van der Waals surface area contributed by atoms with Gasteiger partial charge < -0.3 is 34.6 Å². The van der Waals surface area contributed by atoms with Crippen molar-refractivity contribution in [1.29, 1.82) is 0 Å². The van der Waals surface area contributed by atoms with Crippen LogP contribution in [0.3, 0.4) is 0 Å². The van der Waals surface area contributed by atoms with Crippen LogP contribution in [0.5, 0.6) is 11.5 Å². The Kier molecular flexibility index (Phi) is 6.48. The van der Waals surface area contributed by atoms with Crippen LogP contribution >= 0.6 is 0 Å². The number of methoxy groups -OCH3 is 1. The lowest BCUT2D eigenvalue weighted by atomic mass is 9.99. The topological polar surface area (TPSA) is 109 Å². The lowest BCUT2D eigenvalue weighted by molar-refractivity contribution is -0.277. The van der Waals surface area contributed by atoms with Gasteiger partial charge >= 0.3 is 0 Å². The van der Waals surface area contributed by atoms with Crippen LogP contribution < -0.4 is 9.47 Å². The Bertz CT molecular complexity index is 798. The Morgan fingerprint density at radius 3 is 2.43 bits per heavy atom. The van der Waals surface area contributed by atoms with Crippen LogP contribution in [0.15, 0.2) is 42.5 Å². The maximum Gasteiger partial charge on any atom is 0.229 e. The highest BCUT2D eigenvalue weighted by Crippen LogP contribution is 2.28. The summed E-state index contributed by atoms with van der Waals surface area (Å²) in [5.74, 6) is 0.0324. The molecule has 1 aliphatic heterocycles. The maximum atomic E-state index is 14.0. The smallest absolute Gasteiger partial charge is 0.229 e. The zero-order valence-electron chi connectivity index (χ0n) is 15.2. The quantitative estimate of drug-likeness (QED) is 0.568. The van der Waals surface area contributed by atoms with Gasteiger partial charge in [-0.3, -0.25) is 0 Å². The summed E-state index contributed by atoms with van der Waals surface area (Å²) in [5, 5.41) is 39.2. The summed E-state index contributed by atoms with van der Waals surface area (Å²) < 4.78 is 30.0. The predicted octanol–water partition coefficient (Wildman–Crippen LogP) is 0.604. The highest BCUT2D eigenvalue weighted by Gasteiger charge is 2.44. The SMILES string of the molecule is COc1ccc(Cc2ccccc2O[C@@H]2O[C@H](CO)[C@@H](O)[C@H](O)[C@H]2O)cc1F. The van der Waals surface area contributed by atoms with Crippen molar-refractivity contribution in [3.8, 4) is 11.5 Å². The summed E-state index contributed by atoms with van der Waals surface area (Å²) >= 11 is 0. The molecule has 28 heavy (non-hydrogen) atoms. The molecule has 0 spiro atoms. The van der Waals surface area contributed by atoms with E-state index < -0.39 is 43.1 Å². The second-order valence-corrected chi connectivity index (χ2v) is 6.57. The zero-order chi connectivity index (χ0) is 20.3. The highest BCUT2D eigenvalue weighted by atomic mass is 19.1. The van der Waals surface area contributed by atoms with Gasteiger partial charge in [0.2, 0.25) is 6.29 Å². The largest absolute Gasteiger partial charge is 0.494 e. The third-order valence-corrected chi connectivity index (χ3v) is 4.67. The third-order valence-electron chi connectivity index (χ3n) is 4.67. The molecule has 0 amide bonds. The second kappa shape index (κ2) is 8.85. The minimum Gasteiger partial charge on any atom is -0.494 e. The molecule has 4 N–H and O–H groups in total. The van der Waals surface area contributed by atoms with Crippen LogP contribution in [0.25, 0.3) is 0 Å². The van der Waals surface area contributed by atoms with Gasteiger partial charge in [-0.05, 0) is 29.3 Å². The first-order chi connectivity index (χ1) is 13.4. The molecule has 1 fully saturated rings. The number of aliphatic hydroxyl groups excluding tert-OH is 4. The average Bonchev–Trinajstić information content (AvgIpc) is 2.70. The fraction of sp³-hybridized carbons (Fsp3) is 0.400. The number of aliphatic hydroxyl groups is 4. The van der Waals surface area contributed by atoms with Gasteiger partial charge in [0, 0.05) is 6.42 Å². The van der Waals surface area contributed by atoms with Crippen molar-refractivity contribution in [2.45, 2.75) is 37.1 Å². The number of ether oxygens (including phenoxy) is 3. The Balaban J connectivity index is 1.79. The van der Waals surface area contributed by atoms with Gasteiger partial charge in [-0.2, -0.15) is 0 Å². The van der Waals surface area contributed by atoms with E-state index in [9.17, 15) is 24.8 Å². The molecule has 0 saturated carbocycles. The monoisotopic (exact) mass is 394 g/mol. The molecule has 5 atom stereocenters. The molecule has 0 aromatic heterocycles. The molecule has 0 unspecified atom stereocenters. The molecule has 1 heterocycles. The van der Waals surface area contributed by atoms with Gasteiger partial charge in [-0.25, -0.2) is 4.39 Å². The van der Waals surface area contributed by atoms with E-state index in [1.165, 1.54) is 19.2 Å². The van der Waals surface area contributed by atoms with Gasteiger partial charge in [0.15, 0.2) is 11.6 Å². The number of para-hydroxylation sites is 1. The Labute approximate surface area is 161 Å². The van der Waals surface area contributed by atoms with Crippen molar-refractivity contribution in [3.63, 3.8) is 0 Å². The van der Waals surface area contributed by atoms with E-state index >= 15 is 0 Å². The van der Waals surface area contributed by atoms with E-state index in [1.54, 1.807) is 30.3 Å². The van der Waals surface area contributed by atoms with E-state index in [1.807, 2.05) is 0 Å². The van der Waals surface area contributed by atoms with Crippen molar-refractivity contribution >= 4 is 0 Å². The van der Waals surface area contributed by atoms with E-state index in [2.05, 4.69) is 0 Å².